The molecule has 0 aliphatic carbocycles. The molecule has 4 rings (SSSR count). The van der Waals surface area contributed by atoms with Crippen molar-refractivity contribution < 1.29 is 13.2 Å². The number of nitrogens with one attached hydrogen (secondary N) is 2. The molecule has 0 aromatic heterocycles. The normalized spacial score (nSPS) is 15.2. The molecule has 0 atom stereocenters. The monoisotopic (exact) mass is 463 g/mol. The van der Waals surface area contributed by atoms with Crippen LogP contribution in [0.3, 0.4) is 0 Å². The van der Waals surface area contributed by atoms with Crippen LogP contribution in [0.15, 0.2) is 83.8 Å². The Bertz CT molecular complexity index is 1190. The summed E-state index contributed by atoms with van der Waals surface area (Å²) in [6.45, 7) is 4.58. The molecule has 0 bridgehead atoms. The molecule has 0 saturated carbocycles. The summed E-state index contributed by atoms with van der Waals surface area (Å²) in [5.74, 6) is -0.0497. The zero-order valence-electron chi connectivity index (χ0n) is 18.7. The number of likely N-dealkylation sites (tertiary alicyclic amines) is 1. The lowest BCUT2D eigenvalue weighted by molar-refractivity contribution is -0.121. The average Bonchev–Trinajstić information content (AvgIpc) is 2.80. The van der Waals surface area contributed by atoms with Crippen LogP contribution < -0.4 is 10.0 Å². The largest absolute Gasteiger partial charge is 0.326 e. The molecule has 1 heterocycles. The van der Waals surface area contributed by atoms with Gasteiger partial charge in [0.25, 0.3) is 10.0 Å². The number of hydrogen-bond acceptors (Lipinski definition) is 4. The van der Waals surface area contributed by atoms with E-state index in [1.807, 2.05) is 31.2 Å². The van der Waals surface area contributed by atoms with E-state index in [9.17, 15) is 13.2 Å². The van der Waals surface area contributed by atoms with Crippen molar-refractivity contribution in [1.29, 1.82) is 0 Å². The van der Waals surface area contributed by atoms with E-state index in [4.69, 9.17) is 0 Å². The van der Waals surface area contributed by atoms with Gasteiger partial charge in [0.05, 0.1) is 4.90 Å². The van der Waals surface area contributed by atoms with Crippen LogP contribution in [0.5, 0.6) is 0 Å². The summed E-state index contributed by atoms with van der Waals surface area (Å²) >= 11 is 0. The first-order valence-electron chi connectivity index (χ1n) is 11.2. The predicted octanol–water partition coefficient (Wildman–Crippen LogP) is 4.65. The third-order valence-electron chi connectivity index (χ3n) is 5.91. The fourth-order valence-corrected chi connectivity index (χ4v) is 5.13. The summed E-state index contributed by atoms with van der Waals surface area (Å²) in [4.78, 5) is 15.3. The van der Waals surface area contributed by atoms with E-state index in [1.54, 1.807) is 30.3 Å². The predicted molar refractivity (Wildman–Crippen MR) is 132 cm³/mol. The maximum Gasteiger partial charge on any atom is 0.261 e. The molecule has 3 aromatic carbocycles. The maximum absolute atomic E-state index is 12.7. The molecule has 3 aromatic rings. The molecular formula is C26H29N3O3S. The molecule has 172 valence electrons. The van der Waals surface area contributed by atoms with Crippen LogP contribution in [0, 0.1) is 12.8 Å². The second-order valence-electron chi connectivity index (χ2n) is 8.52. The zero-order valence-corrected chi connectivity index (χ0v) is 19.5. The van der Waals surface area contributed by atoms with Crippen molar-refractivity contribution in [3.05, 3.63) is 90.0 Å². The van der Waals surface area contributed by atoms with E-state index in [0.717, 1.165) is 38.0 Å². The Morgan fingerprint density at radius 2 is 1.61 bits per heavy atom. The first-order chi connectivity index (χ1) is 15.9. The second-order valence-corrected chi connectivity index (χ2v) is 10.2. The Morgan fingerprint density at radius 3 is 2.27 bits per heavy atom. The van der Waals surface area contributed by atoms with E-state index in [0.29, 0.717) is 11.4 Å². The van der Waals surface area contributed by atoms with Crippen LogP contribution in [0.1, 0.15) is 24.0 Å². The number of piperidine rings is 1. The highest BCUT2D eigenvalue weighted by molar-refractivity contribution is 7.92. The summed E-state index contributed by atoms with van der Waals surface area (Å²) in [5, 5.41) is 2.94. The van der Waals surface area contributed by atoms with Gasteiger partial charge in [-0.05, 0) is 80.4 Å². The number of benzene rings is 3. The molecule has 1 amide bonds. The Morgan fingerprint density at radius 1 is 0.909 bits per heavy atom. The quantitative estimate of drug-likeness (QED) is 0.535. The Hall–Kier alpha value is -3.16. The lowest BCUT2D eigenvalue weighted by Crippen LogP contribution is -2.37. The Labute approximate surface area is 195 Å². The van der Waals surface area contributed by atoms with Gasteiger partial charge >= 0.3 is 0 Å². The average molecular weight is 464 g/mol. The molecule has 33 heavy (non-hydrogen) atoms. The highest BCUT2D eigenvalue weighted by Crippen LogP contribution is 2.23. The van der Waals surface area contributed by atoms with Crippen LogP contribution >= 0.6 is 0 Å². The molecule has 1 aliphatic rings. The fourth-order valence-electron chi connectivity index (χ4n) is 4.08. The minimum Gasteiger partial charge on any atom is -0.326 e. The van der Waals surface area contributed by atoms with Gasteiger partial charge in [-0.1, -0.05) is 42.5 Å². The summed E-state index contributed by atoms with van der Waals surface area (Å²) in [7, 11) is -3.70. The number of carbonyl (C=O) groups is 1. The van der Waals surface area contributed by atoms with E-state index in [2.05, 4.69) is 27.1 Å². The van der Waals surface area contributed by atoms with Crippen LogP contribution in [0.2, 0.25) is 0 Å². The van der Waals surface area contributed by atoms with Gasteiger partial charge in [0, 0.05) is 23.8 Å². The summed E-state index contributed by atoms with van der Waals surface area (Å²) in [6, 6.07) is 23.8. The van der Waals surface area contributed by atoms with Crippen molar-refractivity contribution in [1.82, 2.24) is 4.90 Å². The van der Waals surface area contributed by atoms with Crippen molar-refractivity contribution in [3.63, 3.8) is 0 Å². The summed E-state index contributed by atoms with van der Waals surface area (Å²) in [6.07, 6.45) is 1.62. The fraction of sp³-hybridized carbons (Fsp3) is 0.269. The topological polar surface area (TPSA) is 78.5 Å². The van der Waals surface area contributed by atoms with E-state index >= 15 is 0 Å². The van der Waals surface area contributed by atoms with Gasteiger partial charge in [-0.25, -0.2) is 8.42 Å². The molecule has 0 spiro atoms. The number of amides is 1. The first-order valence-corrected chi connectivity index (χ1v) is 12.6. The number of sulfonamides is 1. The summed E-state index contributed by atoms with van der Waals surface area (Å²) in [5.41, 5.74) is 3.37. The van der Waals surface area contributed by atoms with Gasteiger partial charge in [-0.2, -0.15) is 0 Å². The highest BCUT2D eigenvalue weighted by Gasteiger charge is 2.25. The number of hydrogen-bond donors (Lipinski definition) is 2. The number of carbonyl (C=O) groups excluding carboxylic acids is 1. The smallest absolute Gasteiger partial charge is 0.261 e. The van der Waals surface area contributed by atoms with Gasteiger partial charge in [0.1, 0.15) is 0 Å². The van der Waals surface area contributed by atoms with Gasteiger partial charge in [0.15, 0.2) is 0 Å². The maximum atomic E-state index is 12.7. The molecule has 0 unspecified atom stereocenters. The van der Waals surface area contributed by atoms with Gasteiger partial charge in [0.2, 0.25) is 5.91 Å². The van der Waals surface area contributed by atoms with Crippen LogP contribution in [-0.2, 0) is 21.4 Å². The van der Waals surface area contributed by atoms with Crippen LogP contribution in [0.25, 0.3) is 0 Å². The van der Waals surface area contributed by atoms with E-state index in [-0.39, 0.29) is 16.7 Å². The molecule has 1 aliphatic heterocycles. The molecule has 2 N–H and O–H groups in total. The zero-order chi connectivity index (χ0) is 23.3. The Kier molecular flexibility index (Phi) is 7.11. The van der Waals surface area contributed by atoms with Crippen molar-refractivity contribution >= 4 is 27.3 Å². The Balaban J connectivity index is 1.30. The minimum atomic E-state index is -3.70. The third-order valence-corrected chi connectivity index (χ3v) is 7.31. The lowest BCUT2D eigenvalue weighted by Gasteiger charge is -2.31. The molecular weight excluding hydrogens is 434 g/mol. The SMILES string of the molecule is Cc1cccc(NS(=O)(=O)c2ccc(NC(=O)C3CCN(Cc4ccccc4)CC3)cc2)c1. The number of aryl methyl sites for hydroxylation is 1. The van der Waals surface area contributed by atoms with E-state index in [1.165, 1.54) is 17.7 Å². The highest BCUT2D eigenvalue weighted by atomic mass is 32.2. The van der Waals surface area contributed by atoms with Crippen LogP contribution in [0.4, 0.5) is 11.4 Å². The first kappa shape index (κ1) is 23.0. The minimum absolute atomic E-state index is 0.0112. The van der Waals surface area contributed by atoms with E-state index < -0.39 is 10.0 Å². The standard InChI is InChI=1S/C26H29N3O3S/c1-20-6-5-9-24(18-20)28-33(31,32)25-12-10-23(11-13-25)27-26(30)22-14-16-29(17-15-22)19-21-7-3-2-4-8-21/h2-13,18,22,28H,14-17,19H2,1H3,(H,27,30). The third kappa shape index (κ3) is 6.21. The second kappa shape index (κ2) is 10.2. The van der Waals surface area contributed by atoms with Crippen molar-refractivity contribution in [3.8, 4) is 0 Å². The molecule has 6 nitrogen and oxygen atoms in total. The molecule has 7 heteroatoms. The van der Waals surface area contributed by atoms with Crippen molar-refractivity contribution in [2.75, 3.05) is 23.1 Å². The lowest BCUT2D eigenvalue weighted by atomic mass is 9.95. The number of anilines is 2. The van der Waals surface area contributed by atoms with Crippen molar-refractivity contribution in [2.45, 2.75) is 31.2 Å². The van der Waals surface area contributed by atoms with Gasteiger partial charge in [-0.3, -0.25) is 14.4 Å². The molecule has 0 radical (unpaired) electrons. The molecule has 1 saturated heterocycles. The van der Waals surface area contributed by atoms with Gasteiger partial charge in [-0.15, -0.1) is 0 Å². The summed E-state index contributed by atoms with van der Waals surface area (Å²) < 4.78 is 27.9. The number of rotatable bonds is 7. The number of nitrogens with zero attached hydrogens (tertiary/aromatic N) is 1. The van der Waals surface area contributed by atoms with Crippen molar-refractivity contribution in [2.24, 2.45) is 5.92 Å². The van der Waals surface area contributed by atoms with Gasteiger partial charge < -0.3 is 5.32 Å². The molecule has 1 fully saturated rings. The van der Waals surface area contributed by atoms with Crippen LogP contribution in [-0.4, -0.2) is 32.3 Å².